The molecule has 0 aliphatic carbocycles. The van der Waals surface area contributed by atoms with E-state index in [4.69, 9.17) is 4.74 Å². The second kappa shape index (κ2) is 8.68. The van der Waals surface area contributed by atoms with Crippen LogP contribution in [-0.2, 0) is 4.74 Å². The van der Waals surface area contributed by atoms with E-state index in [-0.39, 0.29) is 18.2 Å². The number of benzene rings is 1. The summed E-state index contributed by atoms with van der Waals surface area (Å²) in [6.45, 7) is 11.3. The zero-order chi connectivity index (χ0) is 19.5. The Balaban J connectivity index is 1.36. The van der Waals surface area contributed by atoms with Crippen LogP contribution in [0.5, 0.6) is 0 Å². The molecule has 154 valence electrons. The van der Waals surface area contributed by atoms with Crippen LogP contribution in [0.1, 0.15) is 13.3 Å². The molecule has 1 aromatic rings. The SMILES string of the molecule is CCN1CCN(c2cccc(NC(=O)N(C)C3CCN4CCOC3C4)c2)CC1. The van der Waals surface area contributed by atoms with E-state index in [0.29, 0.717) is 0 Å². The number of likely N-dealkylation sites (N-methyl/N-ethyl adjacent to an activating group) is 2. The molecule has 0 aromatic heterocycles. The van der Waals surface area contributed by atoms with Gasteiger partial charge in [0, 0.05) is 64.2 Å². The summed E-state index contributed by atoms with van der Waals surface area (Å²) in [6.07, 6.45) is 1.09. The lowest BCUT2D eigenvalue weighted by Crippen LogP contribution is -2.59. The average molecular weight is 388 g/mol. The first kappa shape index (κ1) is 19.5. The number of hydrogen-bond donors (Lipinski definition) is 1. The highest BCUT2D eigenvalue weighted by Gasteiger charge is 2.36. The number of amides is 2. The number of nitrogens with one attached hydrogen (secondary N) is 1. The number of rotatable bonds is 4. The Hall–Kier alpha value is -1.83. The van der Waals surface area contributed by atoms with E-state index >= 15 is 0 Å². The number of carbonyl (C=O) groups excluding carboxylic acids is 1. The molecule has 3 heterocycles. The van der Waals surface area contributed by atoms with Crippen LogP contribution >= 0.6 is 0 Å². The minimum atomic E-state index is -0.0550. The lowest BCUT2D eigenvalue weighted by Gasteiger charge is -2.45. The van der Waals surface area contributed by atoms with E-state index in [0.717, 1.165) is 71.1 Å². The number of fused-ring (bicyclic) bond motifs is 2. The molecule has 7 nitrogen and oxygen atoms in total. The standard InChI is InChI=1S/C21H33N5O2/c1-3-24-9-11-26(12-10-24)18-6-4-5-17(15-18)22-21(27)23(2)19-7-8-25-13-14-28-20(19)16-25/h4-6,15,19-20H,3,7-14,16H2,1-2H3,(H,22,27). The van der Waals surface area contributed by atoms with Crippen LogP contribution in [0.25, 0.3) is 0 Å². The highest BCUT2D eigenvalue weighted by molar-refractivity contribution is 5.90. The molecule has 0 radical (unpaired) electrons. The lowest BCUT2D eigenvalue weighted by molar-refractivity contribution is -0.0878. The van der Waals surface area contributed by atoms with Crippen molar-refractivity contribution in [2.45, 2.75) is 25.5 Å². The van der Waals surface area contributed by atoms with Gasteiger partial charge in [0.2, 0.25) is 0 Å². The molecule has 1 N–H and O–H groups in total. The summed E-state index contributed by atoms with van der Waals surface area (Å²) in [4.78, 5) is 22.0. The van der Waals surface area contributed by atoms with Crippen LogP contribution in [0.15, 0.2) is 24.3 Å². The summed E-state index contributed by atoms with van der Waals surface area (Å²) >= 11 is 0. The second-order valence-electron chi connectivity index (χ2n) is 8.08. The molecule has 2 amide bonds. The minimum Gasteiger partial charge on any atom is -0.373 e. The topological polar surface area (TPSA) is 51.3 Å². The van der Waals surface area contributed by atoms with Crippen molar-refractivity contribution in [2.75, 3.05) is 76.2 Å². The van der Waals surface area contributed by atoms with Crippen molar-refractivity contribution in [2.24, 2.45) is 0 Å². The zero-order valence-electron chi connectivity index (χ0n) is 17.1. The van der Waals surface area contributed by atoms with E-state index < -0.39 is 0 Å². The zero-order valence-corrected chi connectivity index (χ0v) is 17.1. The monoisotopic (exact) mass is 387 g/mol. The summed E-state index contributed by atoms with van der Waals surface area (Å²) in [7, 11) is 1.89. The number of carbonyl (C=O) groups is 1. The summed E-state index contributed by atoms with van der Waals surface area (Å²) in [5.74, 6) is 0. The first-order chi connectivity index (χ1) is 13.6. The Morgan fingerprint density at radius 1 is 1.21 bits per heavy atom. The molecule has 3 aliphatic heterocycles. The van der Waals surface area contributed by atoms with E-state index in [1.54, 1.807) is 0 Å². The molecule has 3 saturated heterocycles. The third kappa shape index (κ3) is 4.26. The number of urea groups is 1. The van der Waals surface area contributed by atoms with Gasteiger partial charge in [0.25, 0.3) is 0 Å². The molecular formula is C21H33N5O2. The largest absolute Gasteiger partial charge is 0.373 e. The molecule has 1 aromatic carbocycles. The van der Waals surface area contributed by atoms with Gasteiger partial charge < -0.3 is 24.8 Å². The average Bonchev–Trinajstić information content (AvgIpc) is 2.74. The molecule has 7 heteroatoms. The fraction of sp³-hybridized carbons (Fsp3) is 0.667. The van der Waals surface area contributed by atoms with E-state index in [9.17, 15) is 4.79 Å². The van der Waals surface area contributed by atoms with E-state index in [1.807, 2.05) is 24.1 Å². The maximum Gasteiger partial charge on any atom is 0.321 e. The van der Waals surface area contributed by atoms with Crippen LogP contribution in [0, 0.1) is 0 Å². The second-order valence-corrected chi connectivity index (χ2v) is 8.08. The number of piperazine rings is 1. The Labute approximate surface area is 168 Å². The van der Waals surface area contributed by atoms with Gasteiger partial charge in [0.05, 0.1) is 18.8 Å². The number of nitrogens with zero attached hydrogens (tertiary/aromatic N) is 4. The van der Waals surface area contributed by atoms with Crippen molar-refractivity contribution < 1.29 is 9.53 Å². The molecule has 3 fully saturated rings. The molecule has 3 aliphatic rings. The Kier molecular flexibility index (Phi) is 6.04. The predicted molar refractivity (Wildman–Crippen MR) is 112 cm³/mol. The first-order valence-electron chi connectivity index (χ1n) is 10.6. The number of hydrogen-bond acceptors (Lipinski definition) is 5. The molecule has 3 atom stereocenters. The minimum absolute atomic E-state index is 0.0550. The third-order valence-electron chi connectivity index (χ3n) is 6.45. The van der Waals surface area contributed by atoms with Gasteiger partial charge in [-0.1, -0.05) is 13.0 Å². The summed E-state index contributed by atoms with van der Waals surface area (Å²) < 4.78 is 5.93. The van der Waals surface area contributed by atoms with Crippen molar-refractivity contribution in [1.82, 2.24) is 14.7 Å². The van der Waals surface area contributed by atoms with Gasteiger partial charge in [-0.25, -0.2) is 4.79 Å². The highest BCUT2D eigenvalue weighted by atomic mass is 16.5. The van der Waals surface area contributed by atoms with Crippen molar-refractivity contribution >= 4 is 17.4 Å². The number of anilines is 2. The fourth-order valence-electron chi connectivity index (χ4n) is 4.58. The maximum absolute atomic E-state index is 12.9. The van der Waals surface area contributed by atoms with Crippen molar-refractivity contribution in [3.8, 4) is 0 Å². The molecule has 28 heavy (non-hydrogen) atoms. The van der Waals surface area contributed by atoms with Gasteiger partial charge in [0.15, 0.2) is 0 Å². The number of piperidine rings is 1. The third-order valence-corrected chi connectivity index (χ3v) is 6.45. The molecule has 0 spiro atoms. The quantitative estimate of drug-likeness (QED) is 0.853. The Morgan fingerprint density at radius 2 is 2.04 bits per heavy atom. The van der Waals surface area contributed by atoms with E-state index in [1.165, 1.54) is 5.69 Å². The van der Waals surface area contributed by atoms with Crippen LogP contribution < -0.4 is 10.2 Å². The number of ether oxygens (including phenoxy) is 1. The van der Waals surface area contributed by atoms with Gasteiger partial charge in [0.1, 0.15) is 0 Å². The molecule has 0 saturated carbocycles. The van der Waals surface area contributed by atoms with Gasteiger partial charge in [-0.15, -0.1) is 0 Å². The highest BCUT2D eigenvalue weighted by Crippen LogP contribution is 2.24. The normalized spacial score (nSPS) is 28.1. The molecule has 4 rings (SSSR count). The van der Waals surface area contributed by atoms with Gasteiger partial charge in [-0.3, -0.25) is 4.90 Å². The maximum atomic E-state index is 12.9. The Morgan fingerprint density at radius 3 is 2.82 bits per heavy atom. The predicted octanol–water partition coefficient (Wildman–Crippen LogP) is 1.77. The van der Waals surface area contributed by atoms with Gasteiger partial charge in [-0.2, -0.15) is 0 Å². The number of morpholine rings is 1. The lowest BCUT2D eigenvalue weighted by atomic mass is 9.99. The van der Waals surface area contributed by atoms with Gasteiger partial charge in [-0.05, 0) is 31.2 Å². The van der Waals surface area contributed by atoms with Crippen molar-refractivity contribution in [3.63, 3.8) is 0 Å². The molecule has 3 unspecified atom stereocenters. The smallest absolute Gasteiger partial charge is 0.321 e. The fourth-order valence-corrected chi connectivity index (χ4v) is 4.58. The summed E-state index contributed by atoms with van der Waals surface area (Å²) in [5, 5.41) is 3.09. The summed E-state index contributed by atoms with van der Waals surface area (Å²) in [5.41, 5.74) is 2.04. The van der Waals surface area contributed by atoms with Crippen LogP contribution in [-0.4, -0.2) is 98.9 Å². The van der Waals surface area contributed by atoms with Crippen molar-refractivity contribution in [3.05, 3.63) is 24.3 Å². The van der Waals surface area contributed by atoms with Gasteiger partial charge >= 0.3 is 6.03 Å². The Bertz CT molecular complexity index is 677. The first-order valence-corrected chi connectivity index (χ1v) is 10.6. The molecule has 2 bridgehead atoms. The summed E-state index contributed by atoms with van der Waals surface area (Å²) in [6, 6.07) is 8.30. The van der Waals surface area contributed by atoms with Crippen LogP contribution in [0.2, 0.25) is 0 Å². The van der Waals surface area contributed by atoms with E-state index in [2.05, 4.69) is 39.1 Å². The van der Waals surface area contributed by atoms with Crippen molar-refractivity contribution in [1.29, 1.82) is 0 Å². The van der Waals surface area contributed by atoms with Crippen LogP contribution in [0.4, 0.5) is 16.2 Å². The molecular weight excluding hydrogens is 354 g/mol. The van der Waals surface area contributed by atoms with Crippen LogP contribution in [0.3, 0.4) is 0 Å².